The zero-order valence-corrected chi connectivity index (χ0v) is 12.5. The van der Waals surface area contributed by atoms with E-state index in [1.54, 1.807) is 23.5 Å². The lowest BCUT2D eigenvalue weighted by molar-refractivity contribution is 0.310. The zero-order valence-electron chi connectivity index (χ0n) is 8.54. The smallest absolute Gasteiger partial charge is 0.157 e. The normalized spacial score (nSPS) is 10.5. The second-order valence-electron chi connectivity index (χ2n) is 3.31. The number of rotatable bonds is 3. The van der Waals surface area contributed by atoms with E-state index >= 15 is 0 Å². The van der Waals surface area contributed by atoms with Crippen LogP contribution in [0.3, 0.4) is 0 Å². The van der Waals surface area contributed by atoms with E-state index in [9.17, 15) is 0 Å². The summed E-state index contributed by atoms with van der Waals surface area (Å²) in [5, 5.41) is 0.844. The topological polar surface area (TPSA) is 35.2 Å². The first kappa shape index (κ1) is 13.0. The van der Waals surface area contributed by atoms with Gasteiger partial charge in [-0.25, -0.2) is 0 Å². The fourth-order valence-electron chi connectivity index (χ4n) is 1.29. The van der Waals surface area contributed by atoms with Crippen molar-refractivity contribution in [1.82, 2.24) is 0 Å². The molecule has 0 fully saturated rings. The van der Waals surface area contributed by atoms with Gasteiger partial charge in [0.05, 0.1) is 13.8 Å². The highest BCUT2D eigenvalue weighted by Gasteiger charge is 2.09. The Morgan fingerprint density at radius 1 is 1.24 bits per heavy atom. The van der Waals surface area contributed by atoms with Gasteiger partial charge in [0.1, 0.15) is 6.61 Å². The molecule has 6 heteroatoms. The summed E-state index contributed by atoms with van der Waals surface area (Å²) in [5.41, 5.74) is 6.13. The molecule has 0 aliphatic carbocycles. The molecule has 2 aromatic rings. The summed E-state index contributed by atoms with van der Waals surface area (Å²) < 4.78 is 6.65. The number of halogens is 3. The highest BCUT2D eigenvalue weighted by Crippen LogP contribution is 2.36. The second-order valence-corrected chi connectivity index (χ2v) is 6.67. The maximum Gasteiger partial charge on any atom is 0.157 e. The molecule has 0 amide bonds. The minimum Gasteiger partial charge on any atom is -0.485 e. The Labute approximate surface area is 121 Å². The van der Waals surface area contributed by atoms with Crippen LogP contribution in [0.1, 0.15) is 4.88 Å². The molecular formula is C11H8BrCl2NOS. The molecule has 0 aliphatic heterocycles. The summed E-state index contributed by atoms with van der Waals surface area (Å²) in [6, 6.07) is 7.18. The molecule has 17 heavy (non-hydrogen) atoms. The lowest BCUT2D eigenvalue weighted by Crippen LogP contribution is -1.95. The molecule has 0 spiro atoms. The monoisotopic (exact) mass is 351 g/mol. The predicted molar refractivity (Wildman–Crippen MR) is 77.2 cm³/mol. The van der Waals surface area contributed by atoms with Crippen LogP contribution in [0.5, 0.6) is 5.75 Å². The van der Waals surface area contributed by atoms with E-state index in [0.717, 1.165) is 8.66 Å². The van der Waals surface area contributed by atoms with Crippen LogP contribution >= 0.6 is 50.5 Å². The molecule has 90 valence electrons. The molecule has 0 unspecified atom stereocenters. The van der Waals surface area contributed by atoms with Gasteiger partial charge in [0.2, 0.25) is 0 Å². The molecule has 2 N–H and O–H groups in total. The first-order valence-corrected chi connectivity index (χ1v) is 7.04. The fraction of sp³-hybridized carbons (Fsp3) is 0.0909. The van der Waals surface area contributed by atoms with Crippen molar-refractivity contribution in [2.24, 2.45) is 0 Å². The van der Waals surface area contributed by atoms with Crippen LogP contribution in [0.25, 0.3) is 0 Å². The van der Waals surface area contributed by atoms with Gasteiger partial charge in [-0.15, -0.1) is 11.3 Å². The SMILES string of the molecule is Nc1cc(Cl)c(OCc2ccc(Br)s2)c(Cl)c1. The van der Waals surface area contributed by atoms with Crippen LogP contribution in [0, 0.1) is 0 Å². The third-order valence-corrected chi connectivity index (χ3v) is 4.17. The van der Waals surface area contributed by atoms with Gasteiger partial charge >= 0.3 is 0 Å². The van der Waals surface area contributed by atoms with Crippen molar-refractivity contribution in [3.05, 3.63) is 43.0 Å². The highest BCUT2D eigenvalue weighted by atomic mass is 79.9. The van der Waals surface area contributed by atoms with Crippen LogP contribution in [0.15, 0.2) is 28.1 Å². The number of ether oxygens (including phenoxy) is 1. The van der Waals surface area contributed by atoms with Crippen LogP contribution in [0.4, 0.5) is 5.69 Å². The number of benzene rings is 1. The maximum absolute atomic E-state index is 6.01. The van der Waals surface area contributed by atoms with Crippen molar-refractivity contribution in [3.63, 3.8) is 0 Å². The Bertz CT molecular complexity index is 521. The molecule has 1 aromatic heterocycles. The summed E-state index contributed by atoms with van der Waals surface area (Å²) in [4.78, 5) is 1.08. The number of nitrogens with two attached hydrogens (primary N) is 1. The number of anilines is 1. The van der Waals surface area contributed by atoms with Crippen molar-refractivity contribution in [2.45, 2.75) is 6.61 Å². The number of nitrogen functional groups attached to an aromatic ring is 1. The molecule has 0 radical (unpaired) electrons. The Morgan fingerprint density at radius 3 is 2.41 bits per heavy atom. The van der Waals surface area contributed by atoms with Crippen LogP contribution in [0.2, 0.25) is 10.0 Å². The summed E-state index contributed by atoms with van der Waals surface area (Å²) in [6.07, 6.45) is 0. The molecule has 0 bridgehead atoms. The molecule has 2 nitrogen and oxygen atoms in total. The standard InChI is InChI=1S/C11H8BrCl2NOS/c12-10-2-1-7(17-10)5-16-11-8(13)3-6(15)4-9(11)14/h1-4H,5,15H2. The summed E-state index contributed by atoms with van der Waals surface area (Å²) in [6.45, 7) is 0.430. The summed E-state index contributed by atoms with van der Waals surface area (Å²) in [7, 11) is 0. The van der Waals surface area contributed by atoms with E-state index in [2.05, 4.69) is 15.9 Å². The first-order valence-electron chi connectivity index (χ1n) is 4.68. The van der Waals surface area contributed by atoms with Crippen LogP contribution in [-0.2, 0) is 6.61 Å². The van der Waals surface area contributed by atoms with Crippen LogP contribution in [-0.4, -0.2) is 0 Å². The molecule has 1 aromatic carbocycles. The average Bonchev–Trinajstić information content (AvgIpc) is 2.62. The fourth-order valence-corrected chi connectivity index (χ4v) is 3.30. The van der Waals surface area contributed by atoms with Gasteiger partial charge < -0.3 is 10.5 Å². The van der Waals surface area contributed by atoms with Crippen molar-refractivity contribution >= 4 is 56.2 Å². The molecule has 0 aliphatic rings. The Kier molecular flexibility index (Phi) is 4.20. The average molecular weight is 353 g/mol. The summed E-state index contributed by atoms with van der Waals surface area (Å²) in [5.74, 6) is 0.465. The molecular weight excluding hydrogens is 345 g/mol. The van der Waals surface area contributed by atoms with E-state index in [0.29, 0.717) is 28.1 Å². The van der Waals surface area contributed by atoms with Gasteiger partial charge in [-0.2, -0.15) is 0 Å². The minimum atomic E-state index is 0.422. The highest BCUT2D eigenvalue weighted by molar-refractivity contribution is 9.11. The zero-order chi connectivity index (χ0) is 12.4. The lowest BCUT2D eigenvalue weighted by atomic mass is 10.3. The predicted octanol–water partition coefficient (Wildman–Crippen LogP) is 4.98. The largest absolute Gasteiger partial charge is 0.485 e. The third-order valence-electron chi connectivity index (χ3n) is 2.01. The van der Waals surface area contributed by atoms with E-state index in [1.165, 1.54) is 0 Å². The molecule has 0 saturated heterocycles. The minimum absolute atomic E-state index is 0.422. The number of hydrogen-bond acceptors (Lipinski definition) is 3. The molecule has 0 atom stereocenters. The van der Waals surface area contributed by atoms with Gasteiger partial charge in [-0.3, -0.25) is 0 Å². The van der Waals surface area contributed by atoms with E-state index in [1.807, 2.05) is 12.1 Å². The van der Waals surface area contributed by atoms with E-state index in [-0.39, 0.29) is 0 Å². The summed E-state index contributed by atoms with van der Waals surface area (Å²) >= 11 is 17.0. The molecule has 2 rings (SSSR count). The van der Waals surface area contributed by atoms with Crippen LogP contribution < -0.4 is 10.5 Å². The van der Waals surface area contributed by atoms with Gasteiger partial charge in [0.25, 0.3) is 0 Å². The number of hydrogen-bond donors (Lipinski definition) is 1. The van der Waals surface area contributed by atoms with Crippen molar-refractivity contribution in [1.29, 1.82) is 0 Å². The van der Waals surface area contributed by atoms with E-state index in [4.69, 9.17) is 33.7 Å². The Hall–Kier alpha value is -0.420. The van der Waals surface area contributed by atoms with Crippen molar-refractivity contribution in [3.8, 4) is 5.75 Å². The van der Waals surface area contributed by atoms with Gasteiger partial charge in [0.15, 0.2) is 5.75 Å². The lowest BCUT2D eigenvalue weighted by Gasteiger charge is -2.09. The second kappa shape index (κ2) is 5.48. The maximum atomic E-state index is 6.01. The number of thiophene rings is 1. The molecule has 1 heterocycles. The van der Waals surface area contributed by atoms with Gasteiger partial charge in [-0.1, -0.05) is 23.2 Å². The van der Waals surface area contributed by atoms with Gasteiger partial charge in [0, 0.05) is 10.6 Å². The quantitative estimate of drug-likeness (QED) is 0.790. The Balaban J connectivity index is 2.14. The Morgan fingerprint density at radius 2 is 1.88 bits per heavy atom. The van der Waals surface area contributed by atoms with E-state index < -0.39 is 0 Å². The van der Waals surface area contributed by atoms with Crippen molar-refractivity contribution < 1.29 is 4.74 Å². The first-order chi connectivity index (χ1) is 8.06. The van der Waals surface area contributed by atoms with Crippen molar-refractivity contribution in [2.75, 3.05) is 5.73 Å². The molecule has 0 saturated carbocycles. The third kappa shape index (κ3) is 3.28. The van der Waals surface area contributed by atoms with Gasteiger partial charge in [-0.05, 0) is 40.2 Å².